The summed E-state index contributed by atoms with van der Waals surface area (Å²) in [5.74, 6) is 0. The molecule has 0 saturated heterocycles. The molecule has 92 valence electrons. The van der Waals surface area contributed by atoms with E-state index < -0.39 is 37.4 Å². The highest BCUT2D eigenvalue weighted by Crippen LogP contribution is 2.32. The lowest BCUT2D eigenvalue weighted by molar-refractivity contribution is -0.403. The lowest BCUT2D eigenvalue weighted by atomic mass is 10.1. The summed E-state index contributed by atoms with van der Waals surface area (Å²) in [6, 6.07) is 2.51. The minimum atomic E-state index is -1.10. The topological polar surface area (TPSA) is 157 Å². The van der Waals surface area contributed by atoms with Gasteiger partial charge in [-0.3, -0.25) is 30.3 Å². The standard InChI is InChI=1S/C7H2N4O7/c12-8-3-5-6(10(15)16)1-4(9(13)14)2-7(5)11(17)18/h1-2H. The predicted molar refractivity (Wildman–Crippen MR) is 56.1 cm³/mol. The van der Waals surface area contributed by atoms with Gasteiger partial charge in [0.1, 0.15) is 0 Å². The van der Waals surface area contributed by atoms with Crippen LogP contribution in [0.3, 0.4) is 0 Å². The Balaban J connectivity index is 3.74. The number of nitrogens with zero attached hydrogens (tertiary/aromatic N) is 4. The Morgan fingerprint density at radius 3 is 1.67 bits per heavy atom. The van der Waals surface area contributed by atoms with Crippen LogP contribution in [0.25, 0.3) is 5.01 Å². The van der Waals surface area contributed by atoms with Crippen LogP contribution in [-0.4, -0.2) is 14.8 Å². The smallest absolute Gasteiger partial charge is 0.351 e. The molecule has 0 aliphatic carbocycles. The van der Waals surface area contributed by atoms with E-state index in [9.17, 15) is 35.6 Å². The fourth-order valence-corrected chi connectivity index (χ4v) is 1.15. The summed E-state index contributed by atoms with van der Waals surface area (Å²) in [5.41, 5.74) is -3.64. The van der Waals surface area contributed by atoms with Crippen molar-refractivity contribution in [2.45, 2.75) is 0 Å². The molecule has 1 rings (SSSR count). The summed E-state index contributed by atoms with van der Waals surface area (Å²) < 4.78 is 0. The molecular weight excluding hydrogens is 252 g/mol. The molecule has 0 amide bonds. The third-order valence-electron chi connectivity index (χ3n) is 1.84. The molecule has 1 aromatic rings. The van der Waals surface area contributed by atoms with Crippen molar-refractivity contribution in [2.75, 3.05) is 0 Å². The van der Waals surface area contributed by atoms with Crippen molar-refractivity contribution in [3.63, 3.8) is 0 Å². The highest BCUT2D eigenvalue weighted by molar-refractivity contribution is 5.66. The van der Waals surface area contributed by atoms with E-state index in [0.29, 0.717) is 12.1 Å². The van der Waals surface area contributed by atoms with E-state index in [0.717, 1.165) is 0 Å². The molecule has 0 aliphatic rings. The second-order valence-electron chi connectivity index (χ2n) is 2.83. The number of benzene rings is 1. The van der Waals surface area contributed by atoms with Gasteiger partial charge in [0.2, 0.25) is 0 Å². The first-order valence-electron chi connectivity index (χ1n) is 4.08. The minimum absolute atomic E-state index is 0.487. The first-order valence-corrected chi connectivity index (χ1v) is 4.08. The number of hydrogen-bond donors (Lipinski definition) is 0. The second-order valence-corrected chi connectivity index (χ2v) is 2.83. The lowest BCUT2D eigenvalue weighted by Gasteiger charge is -1.96. The molecule has 0 N–H and O–H groups in total. The maximum absolute atomic E-state index is 10.6. The van der Waals surface area contributed by atoms with E-state index >= 15 is 0 Å². The van der Waals surface area contributed by atoms with Crippen molar-refractivity contribution >= 4 is 17.1 Å². The third kappa shape index (κ3) is 2.27. The molecule has 0 aliphatic heterocycles. The van der Waals surface area contributed by atoms with Crippen molar-refractivity contribution < 1.29 is 14.8 Å². The molecule has 0 fully saturated rings. The second kappa shape index (κ2) is 4.70. The van der Waals surface area contributed by atoms with Gasteiger partial charge in [-0.2, -0.15) is 0 Å². The number of nitro groups is 3. The fourth-order valence-electron chi connectivity index (χ4n) is 1.15. The van der Waals surface area contributed by atoms with Crippen LogP contribution in [0.4, 0.5) is 17.1 Å². The van der Waals surface area contributed by atoms with Gasteiger partial charge in [-0.25, -0.2) is 0 Å². The summed E-state index contributed by atoms with van der Waals surface area (Å²) in [7, 11) is 0. The molecule has 0 saturated carbocycles. The number of non-ortho nitro benzene ring substituents is 1. The van der Waals surface area contributed by atoms with E-state index in [1.54, 1.807) is 0 Å². The highest BCUT2D eigenvalue weighted by atomic mass is 16.6. The molecule has 18 heavy (non-hydrogen) atoms. The quantitative estimate of drug-likeness (QED) is 0.584. The highest BCUT2D eigenvalue weighted by Gasteiger charge is 2.32. The first kappa shape index (κ1) is 12.8. The van der Waals surface area contributed by atoms with E-state index in [2.05, 4.69) is 5.01 Å². The Hall–Kier alpha value is -3.29. The summed E-state index contributed by atoms with van der Waals surface area (Å²) in [6.07, 6.45) is 0. The van der Waals surface area contributed by atoms with Crippen molar-refractivity contribution in [1.29, 1.82) is 0 Å². The molecule has 0 unspecified atom stereocenters. The van der Waals surface area contributed by atoms with E-state index in [-0.39, 0.29) is 0 Å². The monoisotopic (exact) mass is 254 g/mol. The average Bonchev–Trinajstić information content (AvgIpc) is 2.28. The maximum atomic E-state index is 10.6. The Labute approximate surface area is 97.1 Å². The van der Waals surface area contributed by atoms with Crippen LogP contribution in [0.2, 0.25) is 0 Å². The number of hydrogen-bond acceptors (Lipinski definition) is 7. The number of rotatable bonds is 3. The molecular formula is C7H2N4O7. The van der Waals surface area contributed by atoms with Crippen LogP contribution < -0.4 is 0 Å². The van der Waals surface area contributed by atoms with Crippen molar-refractivity contribution in [3.8, 4) is 6.07 Å². The SMILES string of the molecule is O=[N+]([O-])c1cc([N+](=O)[O-])c(C#[N+][O-])c([N+](=O)[O-])c1. The van der Waals surface area contributed by atoms with Gasteiger partial charge in [-0.05, 0) is 0 Å². The Bertz CT molecular complexity index is 579. The maximum Gasteiger partial charge on any atom is 0.351 e. The molecule has 1 aromatic carbocycles. The zero-order chi connectivity index (χ0) is 13.9. The normalized spacial score (nSPS) is 9.11. The van der Waals surface area contributed by atoms with Gasteiger partial charge in [0.15, 0.2) is 0 Å². The Morgan fingerprint density at radius 2 is 1.39 bits per heavy atom. The average molecular weight is 254 g/mol. The summed E-state index contributed by atoms with van der Waals surface area (Å²) >= 11 is 0. The summed E-state index contributed by atoms with van der Waals surface area (Å²) in [5, 5.41) is 43.8. The van der Waals surface area contributed by atoms with Crippen LogP contribution in [0.15, 0.2) is 12.1 Å². The fraction of sp³-hybridized carbons (Fsp3) is 0. The molecule has 11 nitrogen and oxygen atoms in total. The molecule has 0 atom stereocenters. The van der Waals surface area contributed by atoms with E-state index in [1.807, 2.05) is 0 Å². The lowest BCUT2D eigenvalue weighted by Crippen LogP contribution is -2.00. The van der Waals surface area contributed by atoms with E-state index in [4.69, 9.17) is 0 Å². The van der Waals surface area contributed by atoms with Gasteiger partial charge < -0.3 is 5.21 Å². The van der Waals surface area contributed by atoms with Crippen LogP contribution in [0, 0.1) is 41.6 Å². The Morgan fingerprint density at radius 1 is 0.944 bits per heavy atom. The van der Waals surface area contributed by atoms with Crippen molar-refractivity contribution in [1.82, 2.24) is 0 Å². The van der Waals surface area contributed by atoms with Crippen molar-refractivity contribution in [2.24, 2.45) is 0 Å². The van der Waals surface area contributed by atoms with Gasteiger partial charge in [0.05, 0.1) is 26.9 Å². The third-order valence-corrected chi connectivity index (χ3v) is 1.84. The molecule has 0 bridgehead atoms. The van der Waals surface area contributed by atoms with Crippen molar-refractivity contribution in [3.05, 3.63) is 58.3 Å². The molecule has 0 spiro atoms. The van der Waals surface area contributed by atoms with Crippen LogP contribution in [0.1, 0.15) is 5.56 Å². The first-order chi connectivity index (χ1) is 8.38. The molecule has 0 heterocycles. The largest absolute Gasteiger partial charge is 0.498 e. The van der Waals surface area contributed by atoms with E-state index in [1.165, 1.54) is 6.07 Å². The van der Waals surface area contributed by atoms with Crippen LogP contribution >= 0.6 is 0 Å². The van der Waals surface area contributed by atoms with Gasteiger partial charge in [0, 0.05) is 5.01 Å². The van der Waals surface area contributed by atoms with Crippen LogP contribution in [0.5, 0.6) is 0 Å². The molecule has 11 heteroatoms. The summed E-state index contributed by atoms with van der Waals surface area (Å²) in [6.45, 7) is 0. The van der Waals surface area contributed by atoms with Gasteiger partial charge >= 0.3 is 17.4 Å². The van der Waals surface area contributed by atoms with Crippen LogP contribution in [-0.2, 0) is 0 Å². The molecule has 0 aromatic heterocycles. The summed E-state index contributed by atoms with van der Waals surface area (Å²) in [4.78, 5) is 28.5. The van der Waals surface area contributed by atoms with Gasteiger partial charge in [-0.15, -0.1) is 0 Å². The Kier molecular flexibility index (Phi) is 3.34. The zero-order valence-electron chi connectivity index (χ0n) is 8.30. The number of nitro benzene ring substituents is 3. The van der Waals surface area contributed by atoms with Gasteiger partial charge in [-0.1, -0.05) is 0 Å². The van der Waals surface area contributed by atoms with Gasteiger partial charge in [0.25, 0.3) is 11.3 Å². The minimum Gasteiger partial charge on any atom is -0.498 e. The zero-order valence-corrected chi connectivity index (χ0v) is 8.30. The predicted octanol–water partition coefficient (Wildman–Crippen LogP) is 1.59. The molecule has 0 radical (unpaired) electrons.